The van der Waals surface area contributed by atoms with Crippen LogP contribution < -0.4 is 4.74 Å². The summed E-state index contributed by atoms with van der Waals surface area (Å²) in [5.41, 5.74) is 5.46. The van der Waals surface area contributed by atoms with E-state index in [-0.39, 0.29) is 6.10 Å². The molecule has 0 saturated carbocycles. The molecular formula is C31H27NO2. The first-order valence-corrected chi connectivity index (χ1v) is 11.6. The van der Waals surface area contributed by atoms with Gasteiger partial charge < -0.3 is 9.47 Å². The zero-order chi connectivity index (χ0) is 23.0. The Kier molecular flexibility index (Phi) is 6.93. The van der Waals surface area contributed by atoms with Gasteiger partial charge in [-0.3, -0.25) is 0 Å². The van der Waals surface area contributed by atoms with Crippen molar-refractivity contribution in [1.29, 1.82) is 0 Å². The highest BCUT2D eigenvalue weighted by Gasteiger charge is 2.14. The van der Waals surface area contributed by atoms with Gasteiger partial charge in [-0.15, -0.1) is 0 Å². The summed E-state index contributed by atoms with van der Waals surface area (Å²) in [5.74, 6) is 0.820. The average Bonchev–Trinajstić information content (AvgIpc) is 2.91. The summed E-state index contributed by atoms with van der Waals surface area (Å²) < 4.78 is 12.4. The summed E-state index contributed by atoms with van der Waals surface area (Å²) in [5, 5.41) is 1.13. The fourth-order valence-electron chi connectivity index (χ4n) is 4.00. The molecule has 0 spiro atoms. The summed E-state index contributed by atoms with van der Waals surface area (Å²) in [6.07, 6.45) is 0.772. The lowest BCUT2D eigenvalue weighted by Gasteiger charge is -2.19. The quantitative estimate of drug-likeness (QED) is 0.238. The molecule has 1 atom stereocenters. The molecule has 5 aromatic rings. The van der Waals surface area contributed by atoms with Crippen molar-refractivity contribution in [2.24, 2.45) is 0 Å². The molecule has 0 radical (unpaired) electrons. The van der Waals surface area contributed by atoms with Gasteiger partial charge in [0.05, 0.1) is 23.9 Å². The summed E-state index contributed by atoms with van der Waals surface area (Å²) >= 11 is 0. The third-order valence-electron chi connectivity index (χ3n) is 5.85. The van der Waals surface area contributed by atoms with E-state index in [1.807, 2.05) is 60.7 Å². The van der Waals surface area contributed by atoms with Crippen LogP contribution in [0, 0.1) is 0 Å². The minimum absolute atomic E-state index is 0.0428. The molecule has 3 nitrogen and oxygen atoms in total. The van der Waals surface area contributed by atoms with Crippen molar-refractivity contribution in [3.63, 3.8) is 0 Å². The van der Waals surface area contributed by atoms with Crippen molar-refractivity contribution in [2.45, 2.75) is 25.7 Å². The largest absolute Gasteiger partial charge is 0.487 e. The van der Waals surface area contributed by atoms with Crippen molar-refractivity contribution in [1.82, 2.24) is 4.98 Å². The lowest BCUT2D eigenvalue weighted by molar-refractivity contribution is 0.0399. The molecule has 34 heavy (non-hydrogen) atoms. The lowest BCUT2D eigenvalue weighted by atomic mass is 10.0. The Morgan fingerprint density at radius 2 is 1.26 bits per heavy atom. The average molecular weight is 446 g/mol. The number of nitrogens with zero attached hydrogens (tertiary/aromatic N) is 1. The van der Waals surface area contributed by atoms with Crippen LogP contribution in [0.5, 0.6) is 5.75 Å². The van der Waals surface area contributed by atoms with Crippen LogP contribution in [0.25, 0.3) is 10.9 Å². The zero-order valence-electron chi connectivity index (χ0n) is 19.0. The smallest absolute Gasteiger partial charge is 0.130 e. The zero-order valence-corrected chi connectivity index (χ0v) is 19.0. The van der Waals surface area contributed by atoms with Crippen LogP contribution in [0.3, 0.4) is 0 Å². The maximum Gasteiger partial charge on any atom is 0.130 e. The van der Waals surface area contributed by atoms with Gasteiger partial charge in [0.1, 0.15) is 12.4 Å². The van der Waals surface area contributed by atoms with Crippen LogP contribution in [0.2, 0.25) is 0 Å². The second kappa shape index (κ2) is 10.8. The Bertz CT molecular complexity index is 1320. The number of aromatic nitrogens is 1. The number of hydrogen-bond acceptors (Lipinski definition) is 3. The predicted molar refractivity (Wildman–Crippen MR) is 137 cm³/mol. The molecule has 1 unspecified atom stereocenters. The number of para-hydroxylation sites is 1. The van der Waals surface area contributed by atoms with E-state index in [1.165, 1.54) is 11.1 Å². The van der Waals surface area contributed by atoms with E-state index < -0.39 is 0 Å². The summed E-state index contributed by atoms with van der Waals surface area (Å²) in [7, 11) is 0. The summed E-state index contributed by atoms with van der Waals surface area (Å²) in [4.78, 5) is 4.69. The van der Waals surface area contributed by atoms with Gasteiger partial charge in [0.15, 0.2) is 0 Å². The van der Waals surface area contributed by atoms with E-state index in [0.717, 1.165) is 34.3 Å². The Hall–Kier alpha value is -3.95. The monoisotopic (exact) mass is 445 g/mol. The molecule has 168 valence electrons. The number of benzene rings is 4. The number of fused-ring (bicyclic) bond motifs is 1. The molecule has 5 rings (SSSR count). The highest BCUT2D eigenvalue weighted by atomic mass is 16.5. The molecule has 0 aliphatic rings. The van der Waals surface area contributed by atoms with Crippen LogP contribution in [-0.2, 0) is 24.4 Å². The van der Waals surface area contributed by atoms with Crippen molar-refractivity contribution in [3.8, 4) is 5.75 Å². The molecule has 0 aliphatic heterocycles. The minimum Gasteiger partial charge on any atom is -0.487 e. The molecule has 0 saturated heterocycles. The van der Waals surface area contributed by atoms with E-state index in [0.29, 0.717) is 13.2 Å². The number of hydrogen-bond donors (Lipinski definition) is 0. The minimum atomic E-state index is -0.0428. The first-order chi connectivity index (χ1) is 16.8. The Morgan fingerprint density at radius 3 is 2.03 bits per heavy atom. The van der Waals surface area contributed by atoms with E-state index in [9.17, 15) is 0 Å². The standard InChI is InChI=1S/C31H27NO2/c1-3-9-24(10-4-1)21-31(34-22-25-11-5-2-6-12-25)27-16-19-29(20-17-27)33-23-28-18-15-26-13-7-8-14-30(26)32-28/h1-20,31H,21-23H2. The van der Waals surface area contributed by atoms with Crippen LogP contribution >= 0.6 is 0 Å². The predicted octanol–water partition coefficient (Wildman–Crippen LogP) is 7.31. The van der Waals surface area contributed by atoms with E-state index in [2.05, 4.69) is 60.7 Å². The highest BCUT2D eigenvalue weighted by Crippen LogP contribution is 2.26. The molecule has 0 amide bonds. The number of ether oxygens (including phenoxy) is 2. The maximum absolute atomic E-state index is 6.38. The van der Waals surface area contributed by atoms with Crippen molar-refractivity contribution >= 4 is 10.9 Å². The Morgan fingerprint density at radius 1 is 0.588 bits per heavy atom. The third-order valence-corrected chi connectivity index (χ3v) is 5.85. The molecule has 3 heteroatoms. The second-order valence-electron chi connectivity index (χ2n) is 8.33. The first kappa shape index (κ1) is 21.9. The molecule has 1 aromatic heterocycles. The molecule has 4 aromatic carbocycles. The normalized spacial score (nSPS) is 11.9. The second-order valence-corrected chi connectivity index (χ2v) is 8.33. The van der Waals surface area contributed by atoms with Gasteiger partial charge in [-0.2, -0.15) is 0 Å². The third kappa shape index (κ3) is 5.69. The Labute approximate surface area is 200 Å². The number of rotatable bonds is 9. The highest BCUT2D eigenvalue weighted by molar-refractivity contribution is 5.78. The lowest BCUT2D eigenvalue weighted by Crippen LogP contribution is -2.08. The first-order valence-electron chi connectivity index (χ1n) is 11.6. The fraction of sp³-hybridized carbons (Fsp3) is 0.129. The fourth-order valence-corrected chi connectivity index (χ4v) is 4.00. The molecule has 0 fully saturated rings. The van der Waals surface area contributed by atoms with Crippen LogP contribution in [0.1, 0.15) is 28.5 Å². The van der Waals surface area contributed by atoms with E-state index in [4.69, 9.17) is 14.5 Å². The summed E-state index contributed by atoms with van der Waals surface area (Å²) in [6, 6.07) is 41.2. The molecule has 1 heterocycles. The van der Waals surface area contributed by atoms with Gasteiger partial charge in [0, 0.05) is 11.8 Å². The topological polar surface area (TPSA) is 31.4 Å². The molecule has 0 aliphatic carbocycles. The van der Waals surface area contributed by atoms with Gasteiger partial charge in [0.25, 0.3) is 0 Å². The van der Waals surface area contributed by atoms with Gasteiger partial charge in [-0.25, -0.2) is 4.98 Å². The van der Waals surface area contributed by atoms with Gasteiger partial charge in [-0.05, 0) is 41.0 Å². The SMILES string of the molecule is c1ccc(COC(Cc2ccccc2)c2ccc(OCc3ccc4ccccc4n3)cc2)cc1. The van der Waals surface area contributed by atoms with Crippen molar-refractivity contribution in [3.05, 3.63) is 144 Å². The molecular weight excluding hydrogens is 418 g/mol. The molecule has 0 bridgehead atoms. The summed E-state index contributed by atoms with van der Waals surface area (Å²) in [6.45, 7) is 1.01. The Balaban J connectivity index is 1.27. The number of pyridine rings is 1. The van der Waals surface area contributed by atoms with Crippen LogP contribution in [-0.4, -0.2) is 4.98 Å². The van der Waals surface area contributed by atoms with Gasteiger partial charge in [0.2, 0.25) is 0 Å². The maximum atomic E-state index is 6.38. The molecule has 0 N–H and O–H groups in total. The van der Waals surface area contributed by atoms with Crippen molar-refractivity contribution in [2.75, 3.05) is 0 Å². The van der Waals surface area contributed by atoms with Crippen LogP contribution in [0.15, 0.2) is 121 Å². The van der Waals surface area contributed by atoms with E-state index >= 15 is 0 Å². The van der Waals surface area contributed by atoms with E-state index in [1.54, 1.807) is 0 Å². The van der Waals surface area contributed by atoms with Crippen LogP contribution in [0.4, 0.5) is 0 Å². The van der Waals surface area contributed by atoms with Crippen molar-refractivity contribution < 1.29 is 9.47 Å². The van der Waals surface area contributed by atoms with Gasteiger partial charge >= 0.3 is 0 Å². The van der Waals surface area contributed by atoms with Gasteiger partial charge in [-0.1, -0.05) is 97.1 Å².